The summed E-state index contributed by atoms with van der Waals surface area (Å²) >= 11 is 0. The van der Waals surface area contributed by atoms with Crippen molar-refractivity contribution in [3.63, 3.8) is 0 Å². The Morgan fingerprint density at radius 2 is 1.91 bits per heavy atom. The second-order valence-electron chi connectivity index (χ2n) is 8.65. The van der Waals surface area contributed by atoms with Gasteiger partial charge in [0, 0.05) is 43.4 Å². The highest BCUT2D eigenvalue weighted by atomic mass is 35.5. The van der Waals surface area contributed by atoms with E-state index in [2.05, 4.69) is 15.5 Å². The molecule has 2 heterocycles. The van der Waals surface area contributed by atoms with Crippen molar-refractivity contribution in [3.8, 4) is 0 Å². The number of fused-ring (bicyclic) bond motifs is 1. The fourth-order valence-corrected chi connectivity index (χ4v) is 4.33. The first kappa shape index (κ1) is 22.4. The zero-order valence-electron chi connectivity index (χ0n) is 17.6. The molecule has 6 nitrogen and oxygen atoms in total. The van der Waals surface area contributed by atoms with E-state index in [0.717, 1.165) is 17.5 Å². The molecule has 1 saturated heterocycles. The van der Waals surface area contributed by atoms with E-state index in [1.165, 1.54) is 25.3 Å². The molecule has 8 heteroatoms. The minimum atomic E-state index is -0.510. The number of likely N-dealkylation sites (tertiary alicyclic amines) is 1. The number of halogens is 2. The molecule has 3 aromatic rings. The summed E-state index contributed by atoms with van der Waals surface area (Å²) in [6, 6.07) is 12.5. The van der Waals surface area contributed by atoms with Gasteiger partial charge < -0.3 is 10.2 Å². The summed E-state index contributed by atoms with van der Waals surface area (Å²) in [6.45, 7) is 2.24. The molecule has 168 valence electrons. The van der Waals surface area contributed by atoms with Crippen molar-refractivity contribution in [2.45, 2.75) is 31.7 Å². The summed E-state index contributed by atoms with van der Waals surface area (Å²) in [7, 11) is 0. The lowest BCUT2D eigenvalue weighted by Gasteiger charge is -2.41. The number of rotatable bonds is 6. The van der Waals surface area contributed by atoms with Crippen molar-refractivity contribution in [3.05, 3.63) is 75.5 Å². The number of H-pyrrole nitrogens is 1. The van der Waals surface area contributed by atoms with Gasteiger partial charge in [-0.05, 0) is 36.6 Å². The van der Waals surface area contributed by atoms with Gasteiger partial charge in [-0.1, -0.05) is 30.7 Å². The van der Waals surface area contributed by atoms with Crippen LogP contribution >= 0.6 is 12.4 Å². The Labute approximate surface area is 191 Å². The van der Waals surface area contributed by atoms with Crippen LogP contribution in [0.4, 0.5) is 4.39 Å². The van der Waals surface area contributed by atoms with E-state index in [1.54, 1.807) is 29.2 Å². The maximum Gasteiger partial charge on any atom is 0.272 e. The zero-order valence-corrected chi connectivity index (χ0v) is 18.5. The fraction of sp³-hybridized carbons (Fsp3) is 0.375. The number of aromatic amines is 1. The van der Waals surface area contributed by atoms with Crippen LogP contribution in [0.15, 0.2) is 47.3 Å². The SMILES string of the molecule is Cl.O=C(c1cc(Cc2n[nH]c(=O)c3ccccc23)ccc1F)N1CC(CNC2CCC2)C1. The molecule has 2 aromatic carbocycles. The molecule has 2 fully saturated rings. The molecule has 2 N–H and O–H groups in total. The standard InChI is InChI=1S/C24H25FN4O2.ClH/c25-21-9-8-15(11-22-18-6-1-2-7-19(18)23(30)28-27-22)10-20(21)24(31)29-13-16(14-29)12-26-17-4-3-5-17;/h1-2,6-10,16-17,26H,3-5,11-14H2,(H,28,30);1H. The molecule has 5 rings (SSSR count). The maximum atomic E-state index is 14.5. The van der Waals surface area contributed by atoms with E-state index < -0.39 is 5.82 Å². The van der Waals surface area contributed by atoms with Gasteiger partial charge in [0.15, 0.2) is 0 Å². The van der Waals surface area contributed by atoms with Crippen molar-refractivity contribution < 1.29 is 9.18 Å². The predicted molar refractivity (Wildman–Crippen MR) is 124 cm³/mol. The molecule has 2 aliphatic rings. The second kappa shape index (κ2) is 9.38. The maximum absolute atomic E-state index is 14.5. The molecule has 1 amide bonds. The Morgan fingerprint density at radius 1 is 1.16 bits per heavy atom. The molecule has 0 atom stereocenters. The molecule has 1 aromatic heterocycles. The number of benzene rings is 2. The number of carbonyl (C=O) groups is 1. The van der Waals surface area contributed by atoms with Crippen molar-refractivity contribution in [2.75, 3.05) is 19.6 Å². The summed E-state index contributed by atoms with van der Waals surface area (Å²) in [4.78, 5) is 26.6. The lowest BCUT2D eigenvalue weighted by molar-refractivity contribution is 0.0485. The molecule has 32 heavy (non-hydrogen) atoms. The first-order chi connectivity index (χ1) is 15.1. The van der Waals surface area contributed by atoms with E-state index >= 15 is 0 Å². The van der Waals surface area contributed by atoms with E-state index in [0.29, 0.717) is 42.6 Å². The van der Waals surface area contributed by atoms with Gasteiger partial charge in [-0.25, -0.2) is 9.49 Å². The van der Waals surface area contributed by atoms with Gasteiger partial charge in [-0.15, -0.1) is 12.4 Å². The summed E-state index contributed by atoms with van der Waals surface area (Å²) in [5.74, 6) is -0.338. The lowest BCUT2D eigenvalue weighted by Crippen LogP contribution is -2.54. The Morgan fingerprint density at radius 3 is 2.62 bits per heavy atom. The first-order valence-electron chi connectivity index (χ1n) is 10.9. The number of nitrogens with zero attached hydrogens (tertiary/aromatic N) is 2. The number of amides is 1. The van der Waals surface area contributed by atoms with Crippen LogP contribution in [0.5, 0.6) is 0 Å². The quantitative estimate of drug-likeness (QED) is 0.596. The molecule has 0 spiro atoms. The highest BCUT2D eigenvalue weighted by Gasteiger charge is 2.33. The summed E-state index contributed by atoms with van der Waals surface area (Å²) in [5.41, 5.74) is 1.31. The Hall–Kier alpha value is -2.77. The van der Waals surface area contributed by atoms with E-state index in [9.17, 15) is 14.0 Å². The fourth-order valence-electron chi connectivity index (χ4n) is 4.33. The Bertz CT molecular complexity index is 1190. The van der Waals surface area contributed by atoms with Gasteiger partial charge in [-0.3, -0.25) is 9.59 Å². The van der Waals surface area contributed by atoms with E-state index in [4.69, 9.17) is 0 Å². The smallest absolute Gasteiger partial charge is 0.272 e. The molecule has 0 radical (unpaired) electrons. The zero-order chi connectivity index (χ0) is 21.4. The monoisotopic (exact) mass is 456 g/mol. The Kier molecular flexibility index (Phi) is 6.58. The minimum absolute atomic E-state index is 0. The summed E-state index contributed by atoms with van der Waals surface area (Å²) < 4.78 is 14.5. The van der Waals surface area contributed by atoms with Gasteiger partial charge in [-0.2, -0.15) is 5.10 Å². The molecule has 0 bridgehead atoms. The van der Waals surface area contributed by atoms with Gasteiger partial charge in [0.1, 0.15) is 5.82 Å². The van der Waals surface area contributed by atoms with Crippen molar-refractivity contribution in [1.29, 1.82) is 0 Å². The van der Waals surface area contributed by atoms with Crippen molar-refractivity contribution in [2.24, 2.45) is 5.92 Å². The molecule has 0 unspecified atom stereocenters. The Balaban J connectivity index is 0.00000245. The van der Waals surface area contributed by atoms with Crippen LogP contribution in [-0.4, -0.2) is 46.7 Å². The largest absolute Gasteiger partial charge is 0.338 e. The number of hydrogen-bond donors (Lipinski definition) is 2. The predicted octanol–water partition coefficient (Wildman–Crippen LogP) is 3.29. The first-order valence-corrected chi connectivity index (χ1v) is 10.9. The number of aromatic nitrogens is 2. The number of hydrogen-bond acceptors (Lipinski definition) is 4. The van der Waals surface area contributed by atoms with Crippen LogP contribution in [0.3, 0.4) is 0 Å². The third kappa shape index (κ3) is 4.40. The topological polar surface area (TPSA) is 78.1 Å². The molecular weight excluding hydrogens is 431 g/mol. The average molecular weight is 457 g/mol. The lowest BCUT2D eigenvalue weighted by atomic mass is 9.91. The van der Waals surface area contributed by atoms with Crippen molar-refractivity contribution in [1.82, 2.24) is 20.4 Å². The third-order valence-corrected chi connectivity index (χ3v) is 6.45. The highest BCUT2D eigenvalue weighted by Crippen LogP contribution is 2.24. The van der Waals surface area contributed by atoms with Gasteiger partial charge >= 0.3 is 0 Å². The van der Waals surface area contributed by atoms with Crippen LogP contribution in [0.1, 0.15) is 40.9 Å². The number of nitrogens with one attached hydrogen (secondary N) is 2. The molecule has 1 aliphatic heterocycles. The normalized spacial score (nSPS) is 16.3. The van der Waals surface area contributed by atoms with Crippen LogP contribution in [-0.2, 0) is 6.42 Å². The number of carbonyl (C=O) groups excluding carboxylic acids is 1. The average Bonchev–Trinajstić information content (AvgIpc) is 2.71. The van der Waals surface area contributed by atoms with E-state index in [1.807, 2.05) is 12.1 Å². The molecule has 1 aliphatic carbocycles. The summed E-state index contributed by atoms with van der Waals surface area (Å²) in [6.07, 6.45) is 4.18. The minimum Gasteiger partial charge on any atom is -0.338 e. The van der Waals surface area contributed by atoms with Gasteiger partial charge in [0.2, 0.25) is 0 Å². The highest BCUT2D eigenvalue weighted by molar-refractivity contribution is 5.95. The second-order valence-corrected chi connectivity index (χ2v) is 8.65. The van der Waals surface area contributed by atoms with Crippen LogP contribution in [0.25, 0.3) is 10.8 Å². The molecular formula is C24H26ClFN4O2. The summed E-state index contributed by atoms with van der Waals surface area (Å²) in [5, 5.41) is 11.6. The van der Waals surface area contributed by atoms with Crippen LogP contribution < -0.4 is 10.9 Å². The van der Waals surface area contributed by atoms with Gasteiger partial charge in [0.25, 0.3) is 11.5 Å². The third-order valence-electron chi connectivity index (χ3n) is 6.45. The van der Waals surface area contributed by atoms with Crippen LogP contribution in [0.2, 0.25) is 0 Å². The van der Waals surface area contributed by atoms with Crippen molar-refractivity contribution >= 4 is 29.1 Å². The van der Waals surface area contributed by atoms with Crippen LogP contribution in [0, 0.1) is 11.7 Å². The molecule has 1 saturated carbocycles. The van der Waals surface area contributed by atoms with E-state index in [-0.39, 0.29) is 29.4 Å². The van der Waals surface area contributed by atoms with Gasteiger partial charge in [0.05, 0.1) is 16.6 Å².